The van der Waals surface area contributed by atoms with Crippen LogP contribution < -0.4 is 4.72 Å². The summed E-state index contributed by atoms with van der Waals surface area (Å²) in [5.41, 5.74) is -1.06. The van der Waals surface area contributed by atoms with Gasteiger partial charge in [0.15, 0.2) is 0 Å². The quantitative estimate of drug-likeness (QED) is 0.406. The number of sulfonamides is 1. The Morgan fingerprint density at radius 2 is 1.46 bits per heavy atom. The first kappa shape index (κ1) is 29.5. The number of rotatable bonds is 5. The summed E-state index contributed by atoms with van der Waals surface area (Å²) in [6, 6.07) is -14.9. The number of alkyl halides is 9. The first-order valence-corrected chi connectivity index (χ1v) is 12.6. The number of piperazine rings is 1. The summed E-state index contributed by atoms with van der Waals surface area (Å²) < 4.78 is 152. The molecule has 1 saturated heterocycles. The van der Waals surface area contributed by atoms with Crippen LogP contribution in [-0.2, 0) is 21.0 Å². The van der Waals surface area contributed by atoms with Crippen LogP contribution in [0.3, 0.4) is 0 Å². The molecule has 0 radical (unpaired) electrons. The van der Waals surface area contributed by atoms with E-state index in [-0.39, 0.29) is 25.7 Å². The number of hydrogen-bond donors (Lipinski definition) is 1. The molecule has 0 unspecified atom stereocenters. The molecular formula is C21H24F9N3O3S. The molecule has 0 spiro atoms. The van der Waals surface area contributed by atoms with Crippen molar-refractivity contribution in [3.63, 3.8) is 0 Å². The third-order valence-corrected chi connectivity index (χ3v) is 7.91. The maximum absolute atomic E-state index is 14.6. The van der Waals surface area contributed by atoms with Gasteiger partial charge in [-0.15, -0.1) is 0 Å². The van der Waals surface area contributed by atoms with Crippen LogP contribution in [0.25, 0.3) is 0 Å². The van der Waals surface area contributed by atoms with E-state index in [4.69, 9.17) is 0 Å². The molecule has 1 aromatic rings. The number of carbonyl (C=O) groups excluding carboxylic acids is 1. The summed E-state index contributed by atoms with van der Waals surface area (Å²) in [5.74, 6) is -2.94. The smallest absolute Gasteiger partial charge is 0.274 e. The normalized spacial score (nSPS) is 26.3. The maximum atomic E-state index is 14.6. The van der Waals surface area contributed by atoms with Crippen molar-refractivity contribution in [2.75, 3.05) is 6.54 Å². The van der Waals surface area contributed by atoms with Gasteiger partial charge in [-0.2, -0.15) is 44.4 Å². The van der Waals surface area contributed by atoms with E-state index in [1.807, 2.05) is 0 Å². The van der Waals surface area contributed by atoms with Crippen molar-refractivity contribution in [2.45, 2.75) is 80.8 Å². The molecule has 37 heavy (non-hydrogen) atoms. The Kier molecular flexibility index (Phi) is 7.64. The molecule has 0 bridgehead atoms. The summed E-state index contributed by atoms with van der Waals surface area (Å²) >= 11 is 0. The molecule has 1 heterocycles. The van der Waals surface area contributed by atoms with E-state index in [1.165, 1.54) is 0 Å². The predicted octanol–water partition coefficient (Wildman–Crippen LogP) is 4.87. The van der Waals surface area contributed by atoms with E-state index in [0.29, 0.717) is 12.1 Å². The minimum absolute atomic E-state index is 0.124. The van der Waals surface area contributed by atoms with Crippen LogP contribution in [0.5, 0.6) is 0 Å². The molecule has 2 fully saturated rings. The standard InChI is InChI=1S/C21H24F9N3O3S/c1-12(2)33-18(22,23)11-32(20(27,28)21(33,29)30)17(34)13-3-7-15(8-4-13)31-37(35,36)16-9-5-14(6-10-16)19(24,25)26/h5-6,9-10,12-13,15,31H,3-4,7-8,11H2,1-2H3. The zero-order chi connectivity index (χ0) is 28.2. The molecule has 3 rings (SSSR count). The highest BCUT2D eigenvalue weighted by Gasteiger charge is 2.75. The van der Waals surface area contributed by atoms with Gasteiger partial charge in [-0.3, -0.25) is 9.69 Å². The molecule has 1 aliphatic heterocycles. The van der Waals surface area contributed by atoms with Crippen molar-refractivity contribution < 1.29 is 52.7 Å². The lowest BCUT2D eigenvalue weighted by molar-refractivity contribution is -0.423. The Bertz CT molecular complexity index is 1100. The fourth-order valence-electron chi connectivity index (χ4n) is 4.59. The van der Waals surface area contributed by atoms with Gasteiger partial charge in [0.05, 0.1) is 10.5 Å². The Morgan fingerprint density at radius 1 is 0.946 bits per heavy atom. The zero-order valence-corrected chi connectivity index (χ0v) is 20.3. The van der Waals surface area contributed by atoms with Crippen LogP contribution >= 0.6 is 0 Å². The minimum Gasteiger partial charge on any atom is -0.274 e. The van der Waals surface area contributed by atoms with Crippen molar-refractivity contribution in [3.05, 3.63) is 29.8 Å². The maximum Gasteiger partial charge on any atom is 0.416 e. The average molecular weight is 569 g/mol. The predicted molar refractivity (Wildman–Crippen MR) is 111 cm³/mol. The Hall–Kier alpha value is -2.07. The first-order valence-electron chi connectivity index (χ1n) is 11.2. The molecule has 0 aromatic heterocycles. The third-order valence-electron chi connectivity index (χ3n) is 6.38. The van der Waals surface area contributed by atoms with Gasteiger partial charge in [0.25, 0.3) is 0 Å². The molecule has 1 aliphatic carbocycles. The molecule has 1 saturated carbocycles. The van der Waals surface area contributed by atoms with Gasteiger partial charge in [0.1, 0.15) is 6.54 Å². The second-order valence-electron chi connectivity index (χ2n) is 9.33. The molecule has 1 aromatic carbocycles. The van der Waals surface area contributed by atoms with Gasteiger partial charge in [-0.05, 0) is 63.8 Å². The number of hydrogen-bond acceptors (Lipinski definition) is 4. The van der Waals surface area contributed by atoms with Gasteiger partial charge < -0.3 is 0 Å². The minimum atomic E-state index is -5.35. The summed E-state index contributed by atoms with van der Waals surface area (Å²) in [5, 5.41) is 0. The number of halogens is 9. The summed E-state index contributed by atoms with van der Waals surface area (Å²) in [4.78, 5) is 10.5. The lowest BCUT2D eigenvalue weighted by atomic mass is 9.85. The molecule has 0 atom stereocenters. The summed E-state index contributed by atoms with van der Waals surface area (Å²) in [6.45, 7) is -0.169. The molecule has 1 N–H and O–H groups in total. The van der Waals surface area contributed by atoms with Gasteiger partial charge in [0, 0.05) is 18.0 Å². The van der Waals surface area contributed by atoms with Gasteiger partial charge in [0.2, 0.25) is 15.9 Å². The van der Waals surface area contributed by atoms with E-state index in [1.54, 1.807) is 0 Å². The summed E-state index contributed by atoms with van der Waals surface area (Å²) in [7, 11) is -4.28. The van der Waals surface area contributed by atoms with Crippen LogP contribution in [0.4, 0.5) is 39.5 Å². The second kappa shape index (κ2) is 9.59. The molecule has 6 nitrogen and oxygen atoms in total. The number of amides is 1. The third kappa shape index (κ3) is 5.55. The van der Waals surface area contributed by atoms with Crippen molar-refractivity contribution >= 4 is 15.9 Å². The van der Waals surface area contributed by atoms with Gasteiger partial charge >= 0.3 is 24.3 Å². The Balaban J connectivity index is 1.68. The number of carbonyl (C=O) groups is 1. The molecule has 2 aliphatic rings. The first-order chi connectivity index (χ1) is 16.7. The fourth-order valence-corrected chi connectivity index (χ4v) is 5.89. The Morgan fingerprint density at radius 3 is 1.92 bits per heavy atom. The molecule has 16 heteroatoms. The average Bonchev–Trinajstić information content (AvgIpc) is 2.75. The van der Waals surface area contributed by atoms with Crippen molar-refractivity contribution in [2.24, 2.45) is 5.92 Å². The van der Waals surface area contributed by atoms with Gasteiger partial charge in [-0.25, -0.2) is 13.1 Å². The van der Waals surface area contributed by atoms with Crippen LogP contribution in [0.15, 0.2) is 29.2 Å². The second-order valence-corrected chi connectivity index (χ2v) is 11.0. The number of nitrogens with one attached hydrogen (secondary N) is 1. The number of nitrogens with zero attached hydrogens (tertiary/aromatic N) is 2. The van der Waals surface area contributed by atoms with Crippen LogP contribution in [-0.4, -0.2) is 60.9 Å². The topological polar surface area (TPSA) is 69.7 Å². The van der Waals surface area contributed by atoms with E-state index in [9.17, 15) is 52.7 Å². The lowest BCUT2D eigenvalue weighted by Crippen LogP contribution is -2.76. The zero-order valence-electron chi connectivity index (χ0n) is 19.5. The van der Waals surface area contributed by atoms with Crippen molar-refractivity contribution in [3.8, 4) is 0 Å². The highest BCUT2D eigenvalue weighted by molar-refractivity contribution is 7.89. The van der Waals surface area contributed by atoms with E-state index in [2.05, 4.69) is 4.72 Å². The van der Waals surface area contributed by atoms with Crippen molar-refractivity contribution in [1.29, 1.82) is 0 Å². The monoisotopic (exact) mass is 569 g/mol. The van der Waals surface area contributed by atoms with Crippen LogP contribution in [0, 0.1) is 5.92 Å². The van der Waals surface area contributed by atoms with E-state index < -0.39 is 85.1 Å². The largest absolute Gasteiger partial charge is 0.416 e. The van der Waals surface area contributed by atoms with Crippen molar-refractivity contribution in [1.82, 2.24) is 14.5 Å². The summed E-state index contributed by atoms with van der Waals surface area (Å²) in [6.07, 6.45) is -5.46. The Labute approximate surface area is 206 Å². The van der Waals surface area contributed by atoms with Gasteiger partial charge in [-0.1, -0.05) is 0 Å². The van der Waals surface area contributed by atoms with E-state index >= 15 is 0 Å². The van der Waals surface area contributed by atoms with Crippen LogP contribution in [0.2, 0.25) is 0 Å². The molecule has 1 amide bonds. The lowest BCUT2D eigenvalue weighted by Gasteiger charge is -2.51. The van der Waals surface area contributed by atoms with Crippen LogP contribution in [0.1, 0.15) is 45.1 Å². The highest BCUT2D eigenvalue weighted by atomic mass is 32.2. The molecule has 210 valence electrons. The molecular weight excluding hydrogens is 545 g/mol. The number of benzene rings is 1. The fraction of sp³-hybridized carbons (Fsp3) is 0.667. The van der Waals surface area contributed by atoms with E-state index in [0.717, 1.165) is 26.0 Å². The highest BCUT2D eigenvalue weighted by Crippen LogP contribution is 2.50. The SMILES string of the molecule is CC(C)N1C(F)(F)CN(C(=O)C2CCC(NS(=O)(=O)c3ccc(C(F)(F)F)cc3)CC2)C(F)(F)C1(F)F.